The lowest BCUT2D eigenvalue weighted by molar-refractivity contribution is -0.116. The number of nitrogens with zero attached hydrogens (tertiary/aromatic N) is 1. The molecule has 0 aromatic heterocycles. The second-order valence-corrected chi connectivity index (χ2v) is 8.81. The zero-order valence-electron chi connectivity index (χ0n) is 13.5. The van der Waals surface area contributed by atoms with Crippen molar-refractivity contribution in [1.82, 2.24) is 4.31 Å². The van der Waals surface area contributed by atoms with Crippen LogP contribution < -0.4 is 10.1 Å². The number of halogens is 2. The number of rotatable bonds is 6. The van der Waals surface area contributed by atoms with Crippen molar-refractivity contribution in [3.8, 4) is 5.75 Å². The maximum absolute atomic E-state index is 12.7. The maximum atomic E-state index is 12.7. The summed E-state index contributed by atoms with van der Waals surface area (Å²) >= 11 is 8.05. The lowest BCUT2D eigenvalue weighted by Gasteiger charge is -2.18. The first-order chi connectivity index (χ1) is 11.7. The van der Waals surface area contributed by atoms with Crippen LogP contribution in [0.3, 0.4) is 0 Å². The molecule has 2 aromatic rings. The molecule has 1 N–H and O–H groups in total. The largest absolute Gasteiger partial charge is 0.495 e. The zero-order chi connectivity index (χ0) is 18.6. The predicted octanol–water partition coefficient (Wildman–Crippen LogP) is 3.21. The van der Waals surface area contributed by atoms with Crippen LogP contribution in [0.25, 0.3) is 0 Å². The molecule has 2 aromatic carbocycles. The van der Waals surface area contributed by atoms with Gasteiger partial charge in [0.05, 0.1) is 13.7 Å². The monoisotopic (exact) mass is 494 g/mol. The number of sulfonamides is 1. The number of benzene rings is 2. The van der Waals surface area contributed by atoms with Crippen LogP contribution in [-0.4, -0.2) is 39.3 Å². The Labute approximate surface area is 165 Å². The van der Waals surface area contributed by atoms with Crippen LogP contribution in [0.2, 0.25) is 5.02 Å². The molecule has 0 aliphatic rings. The normalized spacial score (nSPS) is 11.4. The van der Waals surface area contributed by atoms with E-state index >= 15 is 0 Å². The van der Waals surface area contributed by atoms with Crippen molar-refractivity contribution in [3.63, 3.8) is 0 Å². The molecule has 0 saturated heterocycles. The lowest BCUT2D eigenvalue weighted by Crippen LogP contribution is -2.35. The van der Waals surface area contributed by atoms with Gasteiger partial charge in [-0.25, -0.2) is 8.42 Å². The zero-order valence-corrected chi connectivity index (χ0v) is 17.2. The summed E-state index contributed by atoms with van der Waals surface area (Å²) in [5, 5.41) is 2.92. The molecular weight excluding hydrogens is 479 g/mol. The van der Waals surface area contributed by atoms with Crippen LogP contribution >= 0.6 is 34.2 Å². The molecule has 0 heterocycles. The number of ether oxygens (including phenoxy) is 1. The first kappa shape index (κ1) is 20.0. The van der Waals surface area contributed by atoms with E-state index in [1.54, 1.807) is 12.1 Å². The van der Waals surface area contributed by atoms with Gasteiger partial charge in [-0.3, -0.25) is 4.79 Å². The number of methoxy groups -OCH3 is 1. The molecule has 134 valence electrons. The molecule has 0 radical (unpaired) electrons. The average Bonchev–Trinajstić information content (AvgIpc) is 2.56. The summed E-state index contributed by atoms with van der Waals surface area (Å²) in [5.74, 6) is -0.289. The number of hydrogen-bond donors (Lipinski definition) is 1. The Morgan fingerprint density at radius 3 is 2.48 bits per heavy atom. The van der Waals surface area contributed by atoms with Crippen LogP contribution in [0.5, 0.6) is 5.75 Å². The molecule has 1 amide bonds. The number of carbonyl (C=O) groups excluding carboxylic acids is 1. The maximum Gasteiger partial charge on any atom is 0.247 e. The van der Waals surface area contributed by atoms with E-state index in [0.717, 1.165) is 7.88 Å². The van der Waals surface area contributed by atoms with E-state index < -0.39 is 15.9 Å². The molecule has 0 aliphatic heterocycles. The van der Waals surface area contributed by atoms with E-state index in [-0.39, 0.29) is 22.2 Å². The van der Waals surface area contributed by atoms with Gasteiger partial charge >= 0.3 is 0 Å². The van der Waals surface area contributed by atoms with Crippen LogP contribution in [0.1, 0.15) is 0 Å². The standard InChI is InChI=1S/C16H16ClIN2O4S/c1-20(10-16(21)19-13-6-4-12(18)5-7-13)25(22,23)15-9-11(17)3-8-14(15)24-2/h3-9H,10H2,1-2H3,(H,19,21). The third-order valence-electron chi connectivity index (χ3n) is 3.31. The Kier molecular flexibility index (Phi) is 6.66. The van der Waals surface area contributed by atoms with Gasteiger partial charge in [-0.1, -0.05) is 11.6 Å². The summed E-state index contributed by atoms with van der Waals surface area (Å²) in [6.45, 7) is -0.343. The Bertz CT molecular complexity index is 872. The molecule has 9 heteroatoms. The van der Waals surface area contributed by atoms with Gasteiger partial charge in [0.2, 0.25) is 15.9 Å². The number of hydrogen-bond acceptors (Lipinski definition) is 4. The van der Waals surface area contributed by atoms with Crippen LogP contribution in [0.4, 0.5) is 5.69 Å². The highest BCUT2D eigenvalue weighted by Crippen LogP contribution is 2.29. The van der Waals surface area contributed by atoms with E-state index in [0.29, 0.717) is 5.69 Å². The fourth-order valence-corrected chi connectivity index (χ4v) is 3.94. The summed E-state index contributed by atoms with van der Waals surface area (Å²) in [6.07, 6.45) is 0. The summed E-state index contributed by atoms with van der Waals surface area (Å²) in [4.78, 5) is 12.0. The van der Waals surface area contributed by atoms with Gasteiger partial charge in [-0.2, -0.15) is 4.31 Å². The molecule has 0 bridgehead atoms. The van der Waals surface area contributed by atoms with Crippen molar-refractivity contribution in [2.24, 2.45) is 0 Å². The molecular formula is C16H16ClIN2O4S. The summed E-state index contributed by atoms with van der Waals surface area (Å²) in [5.41, 5.74) is 0.594. The summed E-state index contributed by atoms with van der Waals surface area (Å²) in [7, 11) is -1.25. The third kappa shape index (κ3) is 5.06. The second-order valence-electron chi connectivity index (χ2n) is 5.11. The van der Waals surface area contributed by atoms with Crippen molar-refractivity contribution >= 4 is 55.8 Å². The van der Waals surface area contributed by atoms with Crippen LogP contribution in [0, 0.1) is 3.57 Å². The molecule has 0 unspecified atom stereocenters. The molecule has 6 nitrogen and oxygen atoms in total. The van der Waals surface area contributed by atoms with E-state index in [1.165, 1.54) is 32.4 Å². The molecule has 0 fully saturated rings. The fraction of sp³-hybridized carbons (Fsp3) is 0.188. The van der Waals surface area contributed by atoms with Gasteiger partial charge in [-0.15, -0.1) is 0 Å². The Balaban J connectivity index is 2.16. The van der Waals surface area contributed by atoms with Crippen molar-refractivity contribution in [3.05, 3.63) is 51.1 Å². The number of anilines is 1. The smallest absolute Gasteiger partial charge is 0.247 e. The lowest BCUT2D eigenvalue weighted by atomic mass is 10.3. The van der Waals surface area contributed by atoms with E-state index in [4.69, 9.17) is 16.3 Å². The number of likely N-dealkylation sites (N-methyl/N-ethyl adjacent to an activating group) is 1. The van der Waals surface area contributed by atoms with Gasteiger partial charge in [0.15, 0.2) is 0 Å². The highest BCUT2D eigenvalue weighted by molar-refractivity contribution is 14.1. The van der Waals surface area contributed by atoms with Crippen molar-refractivity contribution in [2.45, 2.75) is 4.90 Å². The third-order valence-corrected chi connectivity index (χ3v) is 6.09. The van der Waals surface area contributed by atoms with Crippen molar-refractivity contribution in [2.75, 3.05) is 26.0 Å². The van der Waals surface area contributed by atoms with Gasteiger partial charge in [0.1, 0.15) is 10.6 Å². The van der Waals surface area contributed by atoms with Gasteiger partial charge in [0, 0.05) is 21.3 Å². The Hall–Kier alpha value is -1.36. The first-order valence-electron chi connectivity index (χ1n) is 7.09. The molecule has 0 spiro atoms. The predicted molar refractivity (Wildman–Crippen MR) is 106 cm³/mol. The molecule has 25 heavy (non-hydrogen) atoms. The number of amides is 1. The van der Waals surface area contributed by atoms with Gasteiger partial charge in [-0.05, 0) is 65.1 Å². The molecule has 2 rings (SSSR count). The summed E-state index contributed by atoms with van der Waals surface area (Å²) in [6, 6.07) is 11.5. The summed E-state index contributed by atoms with van der Waals surface area (Å²) < 4.78 is 32.5. The fourth-order valence-electron chi connectivity index (χ4n) is 2.04. The van der Waals surface area contributed by atoms with E-state index in [9.17, 15) is 13.2 Å². The van der Waals surface area contributed by atoms with E-state index in [1.807, 2.05) is 12.1 Å². The number of nitrogens with one attached hydrogen (secondary N) is 1. The van der Waals surface area contributed by atoms with Gasteiger partial charge in [0.25, 0.3) is 0 Å². The number of carbonyl (C=O) groups is 1. The topological polar surface area (TPSA) is 75.7 Å². The minimum absolute atomic E-state index is 0.0907. The van der Waals surface area contributed by atoms with Crippen molar-refractivity contribution in [1.29, 1.82) is 0 Å². The first-order valence-corrected chi connectivity index (χ1v) is 9.99. The molecule has 0 atom stereocenters. The minimum atomic E-state index is -3.94. The Morgan fingerprint density at radius 2 is 1.88 bits per heavy atom. The minimum Gasteiger partial charge on any atom is -0.495 e. The highest BCUT2D eigenvalue weighted by atomic mass is 127. The second kappa shape index (κ2) is 8.35. The van der Waals surface area contributed by atoms with Crippen LogP contribution in [-0.2, 0) is 14.8 Å². The SMILES string of the molecule is COc1ccc(Cl)cc1S(=O)(=O)N(C)CC(=O)Nc1ccc(I)cc1. The average molecular weight is 495 g/mol. The quantitative estimate of drug-likeness (QED) is 0.626. The molecule has 0 aliphatic carbocycles. The molecule has 0 saturated carbocycles. The van der Waals surface area contributed by atoms with Gasteiger partial charge < -0.3 is 10.1 Å². The van der Waals surface area contributed by atoms with Crippen molar-refractivity contribution < 1.29 is 17.9 Å². The highest BCUT2D eigenvalue weighted by Gasteiger charge is 2.26. The van der Waals surface area contributed by atoms with E-state index in [2.05, 4.69) is 27.9 Å². The van der Waals surface area contributed by atoms with Crippen LogP contribution in [0.15, 0.2) is 47.4 Å². The Morgan fingerprint density at radius 1 is 1.24 bits per heavy atom.